The van der Waals surface area contributed by atoms with E-state index in [4.69, 9.17) is 4.74 Å². The van der Waals surface area contributed by atoms with Crippen molar-refractivity contribution < 1.29 is 4.74 Å². The summed E-state index contributed by atoms with van der Waals surface area (Å²) in [6.45, 7) is 9.75. The number of benzene rings is 2. The van der Waals surface area contributed by atoms with Crippen LogP contribution in [0.5, 0.6) is 0 Å². The number of hydrogen-bond acceptors (Lipinski definition) is 2. The molecule has 5 aliphatic rings. The van der Waals surface area contributed by atoms with Crippen LogP contribution in [0, 0.1) is 11.3 Å². The van der Waals surface area contributed by atoms with Gasteiger partial charge in [0.2, 0.25) is 0 Å². The lowest BCUT2D eigenvalue weighted by atomic mass is 9.58. The number of fused-ring (bicyclic) bond motifs is 2. The zero-order valence-electron chi connectivity index (χ0n) is 23.3. The minimum Gasteiger partial charge on any atom is -0.359 e. The Morgan fingerprint density at radius 2 is 1.76 bits per heavy atom. The van der Waals surface area contributed by atoms with Crippen LogP contribution in [0.2, 0.25) is 0 Å². The normalized spacial score (nSPS) is 38.2. The maximum atomic E-state index is 7.59. The molecule has 0 unspecified atom stereocenters. The van der Waals surface area contributed by atoms with Crippen LogP contribution in [0.15, 0.2) is 65.8 Å². The van der Waals surface area contributed by atoms with Gasteiger partial charge in [0.25, 0.3) is 0 Å². The van der Waals surface area contributed by atoms with Crippen molar-refractivity contribution in [2.45, 2.75) is 108 Å². The number of rotatable bonds is 6. The molecule has 0 amide bonds. The molecule has 2 spiro atoms. The van der Waals surface area contributed by atoms with Crippen LogP contribution in [-0.4, -0.2) is 35.2 Å². The standard InChI is InChI=1S/C35H45NO/c1-4-20-36(21-5-2)30-13-12-28-23-29-16-17-33(3)31(27-11-10-25-8-6-7-9-26(25)22-27)14-15-32(33)35(29)19-18-34(28,24-30)37-35/h6-11,16,22-23,30-32H,4-5,12-15,17-21,24H2,1-3H3/t30-,31+,32+,33+,34+,35+/m0/s1. The summed E-state index contributed by atoms with van der Waals surface area (Å²) in [5.41, 5.74) is 4.94. The van der Waals surface area contributed by atoms with E-state index in [1.165, 1.54) is 88.1 Å². The quantitative estimate of drug-likeness (QED) is 0.398. The minimum absolute atomic E-state index is 0.000719. The number of allylic oxidation sites excluding steroid dienone is 1. The highest BCUT2D eigenvalue weighted by Gasteiger charge is 2.66. The molecule has 3 fully saturated rings. The van der Waals surface area contributed by atoms with E-state index in [1.807, 2.05) is 0 Å². The van der Waals surface area contributed by atoms with E-state index < -0.39 is 0 Å². The Bertz CT molecular complexity index is 1250. The summed E-state index contributed by atoms with van der Waals surface area (Å²) in [5.74, 6) is 1.24. The Kier molecular flexibility index (Phi) is 5.76. The lowest BCUT2D eigenvalue weighted by molar-refractivity contribution is -0.141. The first-order chi connectivity index (χ1) is 18.0. The summed E-state index contributed by atoms with van der Waals surface area (Å²) in [5, 5.41) is 2.74. The molecule has 2 saturated carbocycles. The van der Waals surface area contributed by atoms with Crippen molar-refractivity contribution in [3.63, 3.8) is 0 Å². The van der Waals surface area contributed by atoms with Crippen molar-refractivity contribution in [3.05, 3.63) is 71.3 Å². The molecule has 2 bridgehead atoms. The second-order valence-corrected chi connectivity index (χ2v) is 13.2. The molecule has 6 atom stereocenters. The molecule has 2 aromatic rings. The van der Waals surface area contributed by atoms with Crippen LogP contribution >= 0.6 is 0 Å². The Hall–Kier alpha value is -1.90. The molecular formula is C35H45NO. The van der Waals surface area contributed by atoms with Gasteiger partial charge in [-0.2, -0.15) is 0 Å². The molecule has 2 aromatic carbocycles. The van der Waals surface area contributed by atoms with Gasteiger partial charge in [-0.1, -0.05) is 75.4 Å². The lowest BCUT2D eigenvalue weighted by Gasteiger charge is -2.55. The van der Waals surface area contributed by atoms with Crippen molar-refractivity contribution in [1.82, 2.24) is 4.90 Å². The van der Waals surface area contributed by atoms with Crippen LogP contribution in [0.4, 0.5) is 0 Å². The van der Waals surface area contributed by atoms with Crippen LogP contribution in [-0.2, 0) is 4.74 Å². The highest BCUT2D eigenvalue weighted by molar-refractivity contribution is 5.83. The SMILES string of the molecule is CCCN(CCC)[C@H]1CCC2=CC3=CC[C@]4(C)[C@@H](c5ccc6ccccc6c5)CC[C@H]4[C@@]34CC[C@]2(C1)O4. The van der Waals surface area contributed by atoms with E-state index >= 15 is 0 Å². The summed E-state index contributed by atoms with van der Waals surface area (Å²) in [4.78, 5) is 2.79. The zero-order valence-corrected chi connectivity index (χ0v) is 23.3. The number of hydrogen-bond donors (Lipinski definition) is 0. The van der Waals surface area contributed by atoms with Gasteiger partial charge in [0.1, 0.15) is 0 Å². The highest BCUT2D eigenvalue weighted by atomic mass is 16.5. The fourth-order valence-electron chi connectivity index (χ4n) is 9.72. The third-order valence-corrected chi connectivity index (χ3v) is 11.4. The molecule has 196 valence electrons. The van der Waals surface area contributed by atoms with Gasteiger partial charge in [-0.25, -0.2) is 0 Å². The van der Waals surface area contributed by atoms with Crippen LogP contribution < -0.4 is 0 Å². The van der Waals surface area contributed by atoms with E-state index in [0.717, 1.165) is 0 Å². The molecule has 1 saturated heterocycles. The van der Waals surface area contributed by atoms with E-state index in [9.17, 15) is 0 Å². The summed E-state index contributed by atoms with van der Waals surface area (Å²) < 4.78 is 7.59. The fourth-order valence-corrected chi connectivity index (χ4v) is 9.72. The zero-order chi connectivity index (χ0) is 25.3. The van der Waals surface area contributed by atoms with E-state index in [0.29, 0.717) is 17.9 Å². The third-order valence-electron chi connectivity index (χ3n) is 11.4. The maximum Gasteiger partial charge on any atom is 0.0974 e. The average Bonchev–Trinajstić information content (AvgIpc) is 3.43. The fraction of sp³-hybridized carbons (Fsp3) is 0.600. The average molecular weight is 496 g/mol. The topological polar surface area (TPSA) is 12.5 Å². The molecule has 0 N–H and O–H groups in total. The first-order valence-electron chi connectivity index (χ1n) is 15.4. The maximum absolute atomic E-state index is 7.59. The Labute approximate surface area is 224 Å². The predicted molar refractivity (Wildman–Crippen MR) is 154 cm³/mol. The number of nitrogens with zero attached hydrogens (tertiary/aromatic N) is 1. The van der Waals surface area contributed by atoms with Gasteiger partial charge in [0.05, 0.1) is 11.2 Å². The van der Waals surface area contributed by atoms with Crippen LogP contribution in [0.1, 0.15) is 96.5 Å². The van der Waals surface area contributed by atoms with Crippen LogP contribution in [0.25, 0.3) is 10.8 Å². The van der Waals surface area contributed by atoms with E-state index in [-0.39, 0.29) is 16.6 Å². The highest BCUT2D eigenvalue weighted by Crippen LogP contribution is 2.69. The molecule has 2 nitrogen and oxygen atoms in total. The molecule has 7 rings (SSSR count). The first kappa shape index (κ1) is 24.2. The van der Waals surface area contributed by atoms with Crippen molar-refractivity contribution in [2.75, 3.05) is 13.1 Å². The molecule has 3 aliphatic carbocycles. The van der Waals surface area contributed by atoms with Gasteiger partial charge in [-0.3, -0.25) is 0 Å². The smallest absolute Gasteiger partial charge is 0.0974 e. The molecule has 0 aromatic heterocycles. The third kappa shape index (κ3) is 3.51. The Morgan fingerprint density at radius 1 is 0.946 bits per heavy atom. The number of ether oxygens (including phenoxy) is 1. The molecule has 2 aliphatic heterocycles. The lowest BCUT2D eigenvalue weighted by Crippen LogP contribution is -2.55. The van der Waals surface area contributed by atoms with Gasteiger partial charge in [0, 0.05) is 6.04 Å². The van der Waals surface area contributed by atoms with Crippen molar-refractivity contribution >= 4 is 10.8 Å². The Balaban J connectivity index is 1.21. The van der Waals surface area contributed by atoms with Gasteiger partial charge >= 0.3 is 0 Å². The summed E-state index contributed by atoms with van der Waals surface area (Å²) >= 11 is 0. The van der Waals surface area contributed by atoms with Gasteiger partial charge in [-0.15, -0.1) is 0 Å². The molecule has 0 radical (unpaired) electrons. The largest absolute Gasteiger partial charge is 0.359 e. The van der Waals surface area contributed by atoms with Crippen LogP contribution in [0.3, 0.4) is 0 Å². The minimum atomic E-state index is -0.0513. The van der Waals surface area contributed by atoms with E-state index in [1.54, 1.807) is 16.7 Å². The molecule has 2 heteroatoms. The first-order valence-corrected chi connectivity index (χ1v) is 15.4. The summed E-state index contributed by atoms with van der Waals surface area (Å²) in [7, 11) is 0. The molecular weight excluding hydrogens is 450 g/mol. The Morgan fingerprint density at radius 3 is 2.57 bits per heavy atom. The predicted octanol–water partition coefficient (Wildman–Crippen LogP) is 8.57. The molecule has 2 heterocycles. The van der Waals surface area contributed by atoms with Gasteiger partial charge < -0.3 is 9.64 Å². The van der Waals surface area contributed by atoms with Crippen molar-refractivity contribution in [2.24, 2.45) is 11.3 Å². The van der Waals surface area contributed by atoms with E-state index in [2.05, 4.69) is 80.3 Å². The summed E-state index contributed by atoms with van der Waals surface area (Å²) in [6, 6.07) is 16.8. The monoisotopic (exact) mass is 495 g/mol. The molecule has 37 heavy (non-hydrogen) atoms. The summed E-state index contributed by atoms with van der Waals surface area (Å²) in [6.07, 6.45) is 17.7. The van der Waals surface area contributed by atoms with Gasteiger partial charge in [0.15, 0.2) is 0 Å². The van der Waals surface area contributed by atoms with Gasteiger partial charge in [-0.05, 0) is 122 Å². The second kappa shape index (κ2) is 8.82. The van der Waals surface area contributed by atoms with Crippen molar-refractivity contribution in [3.8, 4) is 0 Å². The second-order valence-electron chi connectivity index (χ2n) is 13.2. The van der Waals surface area contributed by atoms with Crippen molar-refractivity contribution in [1.29, 1.82) is 0 Å².